The summed E-state index contributed by atoms with van der Waals surface area (Å²) in [6.45, 7) is 5.30. The van der Waals surface area contributed by atoms with Gasteiger partial charge in [0.15, 0.2) is 11.5 Å². The number of benzene rings is 3. The van der Waals surface area contributed by atoms with E-state index in [0.29, 0.717) is 19.8 Å². The number of imidazole rings is 1. The molecule has 0 bridgehead atoms. The van der Waals surface area contributed by atoms with Gasteiger partial charge in [0.2, 0.25) is 0 Å². The van der Waals surface area contributed by atoms with Crippen molar-refractivity contribution >= 4 is 11.0 Å². The van der Waals surface area contributed by atoms with Gasteiger partial charge in [-0.1, -0.05) is 42.5 Å². The maximum absolute atomic E-state index is 6.06. The fourth-order valence-corrected chi connectivity index (χ4v) is 3.52. The van der Waals surface area contributed by atoms with Gasteiger partial charge in [-0.3, -0.25) is 0 Å². The molecule has 3 aromatic carbocycles. The number of fused-ring (bicyclic) bond motifs is 1. The van der Waals surface area contributed by atoms with Crippen LogP contribution in [0.4, 0.5) is 0 Å². The zero-order chi connectivity index (χ0) is 21.5. The Hall–Kier alpha value is -3.73. The number of allylic oxidation sites excluding steroid dienone is 1. The summed E-state index contributed by atoms with van der Waals surface area (Å²) in [6, 6.07) is 23.8. The number of rotatable bonds is 10. The van der Waals surface area contributed by atoms with Gasteiger partial charge in [0.25, 0.3) is 0 Å². The molecule has 5 nitrogen and oxygen atoms in total. The molecular formula is C26H26N2O3. The molecule has 1 heterocycles. The van der Waals surface area contributed by atoms with Crippen LogP contribution in [0.1, 0.15) is 11.4 Å². The fraction of sp³-hybridized carbons (Fsp3) is 0.192. The van der Waals surface area contributed by atoms with Gasteiger partial charge in [0, 0.05) is 0 Å². The SMILES string of the molecule is C=CCc1ccc(OCCn2c(COc3ccccc3)nc3ccccc32)c(OC)c1. The van der Waals surface area contributed by atoms with E-state index in [9.17, 15) is 0 Å². The van der Waals surface area contributed by atoms with Gasteiger partial charge in [0.1, 0.15) is 24.8 Å². The Morgan fingerprint density at radius 2 is 1.74 bits per heavy atom. The predicted octanol–water partition coefficient (Wildman–Crippen LogP) is 5.43. The molecule has 31 heavy (non-hydrogen) atoms. The minimum atomic E-state index is 0.387. The molecular weight excluding hydrogens is 388 g/mol. The van der Waals surface area contributed by atoms with Crippen LogP contribution in [0.3, 0.4) is 0 Å². The molecule has 0 spiro atoms. The van der Waals surface area contributed by atoms with Crippen LogP contribution in [-0.2, 0) is 19.6 Å². The van der Waals surface area contributed by atoms with Crippen molar-refractivity contribution in [2.45, 2.75) is 19.6 Å². The predicted molar refractivity (Wildman–Crippen MR) is 123 cm³/mol. The lowest BCUT2D eigenvalue weighted by molar-refractivity contribution is 0.264. The van der Waals surface area contributed by atoms with Gasteiger partial charge in [0.05, 0.1) is 24.7 Å². The fourth-order valence-electron chi connectivity index (χ4n) is 3.52. The van der Waals surface area contributed by atoms with Crippen LogP contribution in [0.25, 0.3) is 11.0 Å². The first-order chi connectivity index (χ1) is 15.3. The van der Waals surface area contributed by atoms with Gasteiger partial charge in [-0.15, -0.1) is 6.58 Å². The standard InChI is InChI=1S/C26H26N2O3/c1-3-9-20-14-15-24(25(18-20)29-2)30-17-16-28-23-13-8-7-12-22(23)27-26(28)19-31-21-10-5-4-6-11-21/h3-8,10-15,18H,1,9,16-17,19H2,2H3. The van der Waals surface area contributed by atoms with Crippen LogP contribution in [0.5, 0.6) is 17.2 Å². The van der Waals surface area contributed by atoms with E-state index in [0.717, 1.165) is 46.1 Å². The number of para-hydroxylation sites is 3. The average molecular weight is 415 g/mol. The Balaban J connectivity index is 1.49. The first-order valence-corrected chi connectivity index (χ1v) is 10.3. The topological polar surface area (TPSA) is 45.5 Å². The Bertz CT molecular complexity index is 1150. The molecule has 4 rings (SSSR count). The monoisotopic (exact) mass is 414 g/mol. The van der Waals surface area contributed by atoms with Crippen molar-refractivity contribution in [3.05, 3.63) is 96.8 Å². The molecule has 0 unspecified atom stereocenters. The molecule has 0 radical (unpaired) electrons. The van der Waals surface area contributed by atoms with Crippen molar-refractivity contribution in [3.63, 3.8) is 0 Å². The molecule has 0 aliphatic rings. The lowest BCUT2D eigenvalue weighted by Gasteiger charge is -2.14. The summed E-state index contributed by atoms with van der Waals surface area (Å²) in [6.07, 6.45) is 2.67. The number of ether oxygens (including phenoxy) is 3. The first-order valence-electron chi connectivity index (χ1n) is 10.3. The molecule has 0 aliphatic carbocycles. The number of nitrogens with zero attached hydrogens (tertiary/aromatic N) is 2. The molecule has 158 valence electrons. The van der Waals surface area contributed by atoms with Gasteiger partial charge in [-0.25, -0.2) is 4.98 Å². The Morgan fingerprint density at radius 1 is 0.935 bits per heavy atom. The summed E-state index contributed by atoms with van der Waals surface area (Å²) >= 11 is 0. The Morgan fingerprint density at radius 3 is 2.55 bits per heavy atom. The second kappa shape index (κ2) is 9.85. The number of aromatic nitrogens is 2. The number of methoxy groups -OCH3 is 1. The first kappa shape index (κ1) is 20.5. The highest BCUT2D eigenvalue weighted by molar-refractivity contribution is 5.75. The van der Waals surface area contributed by atoms with E-state index >= 15 is 0 Å². The van der Waals surface area contributed by atoms with Crippen molar-refractivity contribution in [1.29, 1.82) is 0 Å². The Kier molecular flexibility index (Phi) is 6.53. The molecule has 0 saturated heterocycles. The second-order valence-corrected chi connectivity index (χ2v) is 7.10. The smallest absolute Gasteiger partial charge is 0.161 e. The molecule has 1 aromatic heterocycles. The summed E-state index contributed by atoms with van der Waals surface area (Å²) in [5.41, 5.74) is 3.15. The largest absolute Gasteiger partial charge is 0.493 e. The third kappa shape index (κ3) is 4.89. The van der Waals surface area contributed by atoms with Crippen LogP contribution < -0.4 is 14.2 Å². The van der Waals surface area contributed by atoms with E-state index in [4.69, 9.17) is 19.2 Å². The minimum absolute atomic E-state index is 0.387. The second-order valence-electron chi connectivity index (χ2n) is 7.10. The molecule has 0 aliphatic heterocycles. The highest BCUT2D eigenvalue weighted by Gasteiger charge is 2.12. The van der Waals surface area contributed by atoms with Crippen molar-refractivity contribution in [1.82, 2.24) is 9.55 Å². The molecule has 0 amide bonds. The maximum atomic E-state index is 6.06. The number of hydrogen-bond acceptors (Lipinski definition) is 4. The van der Waals surface area contributed by atoms with E-state index in [-0.39, 0.29) is 0 Å². The van der Waals surface area contributed by atoms with Crippen LogP contribution in [0.15, 0.2) is 85.5 Å². The van der Waals surface area contributed by atoms with Crippen molar-refractivity contribution in [2.24, 2.45) is 0 Å². The van der Waals surface area contributed by atoms with E-state index in [1.807, 2.05) is 72.8 Å². The van der Waals surface area contributed by atoms with Gasteiger partial charge in [-0.2, -0.15) is 0 Å². The summed E-state index contributed by atoms with van der Waals surface area (Å²) in [5.74, 6) is 3.13. The zero-order valence-electron chi connectivity index (χ0n) is 17.7. The van der Waals surface area contributed by atoms with E-state index in [1.165, 1.54) is 0 Å². The van der Waals surface area contributed by atoms with E-state index in [2.05, 4.69) is 17.2 Å². The summed E-state index contributed by atoms with van der Waals surface area (Å²) in [4.78, 5) is 4.77. The van der Waals surface area contributed by atoms with Crippen molar-refractivity contribution < 1.29 is 14.2 Å². The minimum Gasteiger partial charge on any atom is -0.493 e. The van der Waals surface area contributed by atoms with E-state index in [1.54, 1.807) is 7.11 Å². The average Bonchev–Trinajstić information content (AvgIpc) is 3.17. The number of hydrogen-bond donors (Lipinski definition) is 0. The van der Waals surface area contributed by atoms with Crippen molar-refractivity contribution in [3.8, 4) is 17.2 Å². The Labute approximate surface area is 182 Å². The van der Waals surface area contributed by atoms with Gasteiger partial charge >= 0.3 is 0 Å². The van der Waals surface area contributed by atoms with Gasteiger partial charge in [-0.05, 0) is 48.4 Å². The molecule has 0 saturated carbocycles. The lowest BCUT2D eigenvalue weighted by Crippen LogP contribution is -2.13. The van der Waals surface area contributed by atoms with Crippen LogP contribution in [-0.4, -0.2) is 23.3 Å². The quantitative estimate of drug-likeness (QED) is 0.325. The normalized spacial score (nSPS) is 10.7. The van der Waals surface area contributed by atoms with Gasteiger partial charge < -0.3 is 18.8 Å². The summed E-state index contributed by atoms with van der Waals surface area (Å²) in [7, 11) is 1.66. The molecule has 0 fully saturated rings. The molecule has 0 N–H and O–H groups in total. The van der Waals surface area contributed by atoms with Crippen LogP contribution >= 0.6 is 0 Å². The third-order valence-electron chi connectivity index (χ3n) is 5.03. The van der Waals surface area contributed by atoms with E-state index < -0.39 is 0 Å². The van der Waals surface area contributed by atoms with Crippen LogP contribution in [0, 0.1) is 0 Å². The summed E-state index contributed by atoms with van der Waals surface area (Å²) < 4.78 is 19.7. The summed E-state index contributed by atoms with van der Waals surface area (Å²) in [5, 5.41) is 0. The lowest BCUT2D eigenvalue weighted by atomic mass is 10.1. The highest BCUT2D eigenvalue weighted by Crippen LogP contribution is 2.28. The third-order valence-corrected chi connectivity index (χ3v) is 5.03. The maximum Gasteiger partial charge on any atom is 0.161 e. The van der Waals surface area contributed by atoms with Crippen molar-refractivity contribution in [2.75, 3.05) is 13.7 Å². The molecule has 5 heteroatoms. The molecule has 0 atom stereocenters. The molecule has 4 aromatic rings. The highest BCUT2D eigenvalue weighted by atomic mass is 16.5. The zero-order valence-corrected chi connectivity index (χ0v) is 17.7. The van der Waals surface area contributed by atoms with Crippen LogP contribution in [0.2, 0.25) is 0 Å².